The molecule has 142 valence electrons. The highest BCUT2D eigenvalue weighted by molar-refractivity contribution is 6.35. The molecular formula is C22H21ClN4O. The van der Waals surface area contributed by atoms with Gasteiger partial charge in [0.15, 0.2) is 5.15 Å². The number of nitrogens with zero attached hydrogens (tertiary/aromatic N) is 3. The van der Waals surface area contributed by atoms with Gasteiger partial charge < -0.3 is 4.98 Å². The van der Waals surface area contributed by atoms with Crippen LogP contribution in [0.2, 0.25) is 5.15 Å². The third kappa shape index (κ3) is 3.01. The summed E-state index contributed by atoms with van der Waals surface area (Å²) in [5.74, 6) is 0. The lowest BCUT2D eigenvalue weighted by molar-refractivity contribution is 0.330. The number of aromatic nitrogens is 3. The van der Waals surface area contributed by atoms with Crippen LogP contribution in [0.25, 0.3) is 21.9 Å². The number of benzene rings is 2. The van der Waals surface area contributed by atoms with Gasteiger partial charge in [0.25, 0.3) is 0 Å². The second-order valence-electron chi connectivity index (χ2n) is 7.41. The van der Waals surface area contributed by atoms with Crippen molar-refractivity contribution in [3.05, 3.63) is 75.3 Å². The monoisotopic (exact) mass is 392 g/mol. The van der Waals surface area contributed by atoms with Crippen LogP contribution in [0.4, 0.5) is 0 Å². The molecule has 0 unspecified atom stereocenters. The van der Waals surface area contributed by atoms with Gasteiger partial charge in [-0.3, -0.25) is 9.47 Å². The van der Waals surface area contributed by atoms with E-state index < -0.39 is 0 Å². The van der Waals surface area contributed by atoms with Crippen molar-refractivity contribution in [2.45, 2.75) is 25.9 Å². The molecule has 1 aliphatic heterocycles. The van der Waals surface area contributed by atoms with Crippen molar-refractivity contribution < 1.29 is 0 Å². The molecule has 0 amide bonds. The van der Waals surface area contributed by atoms with Crippen molar-refractivity contribution in [1.29, 1.82) is 0 Å². The van der Waals surface area contributed by atoms with Gasteiger partial charge in [-0.05, 0) is 43.1 Å². The maximum Gasteiger partial charge on any atom is 0.326 e. The number of likely N-dealkylation sites (tertiary alicyclic amines) is 1. The molecule has 1 fully saturated rings. The number of halogens is 1. The first-order chi connectivity index (χ1) is 13.7. The van der Waals surface area contributed by atoms with Crippen LogP contribution < -0.4 is 5.69 Å². The van der Waals surface area contributed by atoms with Crippen LogP contribution in [-0.2, 0) is 13.1 Å². The van der Waals surface area contributed by atoms with E-state index in [1.165, 1.54) is 18.4 Å². The highest BCUT2D eigenvalue weighted by Crippen LogP contribution is 2.28. The van der Waals surface area contributed by atoms with E-state index >= 15 is 0 Å². The van der Waals surface area contributed by atoms with Crippen molar-refractivity contribution in [1.82, 2.24) is 19.4 Å². The lowest BCUT2D eigenvalue weighted by Crippen LogP contribution is -2.21. The van der Waals surface area contributed by atoms with Crippen LogP contribution in [-0.4, -0.2) is 32.5 Å². The first-order valence-corrected chi connectivity index (χ1v) is 10.0. The van der Waals surface area contributed by atoms with Gasteiger partial charge in [-0.15, -0.1) is 0 Å². The molecule has 2 aromatic heterocycles. The molecule has 5 nitrogen and oxygen atoms in total. The summed E-state index contributed by atoms with van der Waals surface area (Å²) in [4.78, 5) is 22.6. The van der Waals surface area contributed by atoms with Gasteiger partial charge in [0, 0.05) is 11.9 Å². The van der Waals surface area contributed by atoms with E-state index in [9.17, 15) is 4.79 Å². The lowest BCUT2D eigenvalue weighted by Gasteiger charge is -2.18. The smallest absolute Gasteiger partial charge is 0.303 e. The van der Waals surface area contributed by atoms with Crippen molar-refractivity contribution in [2.75, 3.05) is 13.1 Å². The number of nitrogens with one attached hydrogen (secondary N) is 1. The molecule has 0 atom stereocenters. The van der Waals surface area contributed by atoms with E-state index in [4.69, 9.17) is 11.6 Å². The quantitative estimate of drug-likeness (QED) is 0.530. The molecule has 1 aliphatic rings. The Balaban J connectivity index is 1.63. The van der Waals surface area contributed by atoms with Gasteiger partial charge in [-0.2, -0.15) is 0 Å². The van der Waals surface area contributed by atoms with Crippen molar-refractivity contribution in [3.63, 3.8) is 0 Å². The fraction of sp³-hybridized carbons (Fsp3) is 0.273. The zero-order chi connectivity index (χ0) is 19.1. The molecule has 5 rings (SSSR count). The third-order valence-corrected chi connectivity index (χ3v) is 5.88. The number of fused-ring (bicyclic) bond motifs is 3. The normalized spacial score (nSPS) is 15.0. The number of imidazole rings is 1. The van der Waals surface area contributed by atoms with Crippen LogP contribution in [0.1, 0.15) is 24.0 Å². The summed E-state index contributed by atoms with van der Waals surface area (Å²) in [6.45, 7) is 3.73. The van der Waals surface area contributed by atoms with Gasteiger partial charge >= 0.3 is 5.69 Å². The minimum atomic E-state index is -0.161. The average molecular weight is 393 g/mol. The molecule has 0 aliphatic carbocycles. The first-order valence-electron chi connectivity index (χ1n) is 9.66. The summed E-state index contributed by atoms with van der Waals surface area (Å²) in [5, 5.41) is 1.26. The highest BCUT2D eigenvalue weighted by Gasteiger charge is 2.17. The predicted molar refractivity (Wildman–Crippen MR) is 113 cm³/mol. The maximum absolute atomic E-state index is 12.8. The molecular weight excluding hydrogens is 372 g/mol. The largest absolute Gasteiger partial charge is 0.326 e. The Labute approximate surface area is 167 Å². The van der Waals surface area contributed by atoms with E-state index in [0.29, 0.717) is 17.2 Å². The summed E-state index contributed by atoms with van der Waals surface area (Å²) >= 11 is 6.37. The number of H-pyrrole nitrogens is 1. The van der Waals surface area contributed by atoms with Gasteiger partial charge in [-0.1, -0.05) is 54.1 Å². The van der Waals surface area contributed by atoms with E-state index in [2.05, 4.69) is 33.1 Å². The zero-order valence-electron chi connectivity index (χ0n) is 15.5. The number of para-hydroxylation sites is 1. The summed E-state index contributed by atoms with van der Waals surface area (Å²) in [6, 6.07) is 16.2. The highest BCUT2D eigenvalue weighted by atomic mass is 35.5. The molecule has 0 bridgehead atoms. The molecule has 0 radical (unpaired) electrons. The van der Waals surface area contributed by atoms with Crippen LogP contribution in [0.15, 0.2) is 53.3 Å². The Hall–Kier alpha value is -2.63. The second kappa shape index (κ2) is 7.08. The van der Waals surface area contributed by atoms with Crippen molar-refractivity contribution in [2.24, 2.45) is 0 Å². The Morgan fingerprint density at radius 2 is 1.64 bits per heavy atom. The zero-order valence-corrected chi connectivity index (χ0v) is 16.2. The number of aromatic amines is 1. The molecule has 1 saturated heterocycles. The Morgan fingerprint density at radius 3 is 2.43 bits per heavy atom. The summed E-state index contributed by atoms with van der Waals surface area (Å²) in [6.07, 6.45) is 2.53. The van der Waals surface area contributed by atoms with Gasteiger partial charge in [-0.25, -0.2) is 9.78 Å². The number of hydrogen-bond donors (Lipinski definition) is 1. The molecule has 1 N–H and O–H groups in total. The predicted octanol–water partition coefficient (Wildman–Crippen LogP) is 4.18. The van der Waals surface area contributed by atoms with Gasteiger partial charge in [0.05, 0.1) is 17.6 Å². The summed E-state index contributed by atoms with van der Waals surface area (Å²) < 4.78 is 1.79. The van der Waals surface area contributed by atoms with E-state index in [1.807, 2.05) is 30.3 Å². The van der Waals surface area contributed by atoms with Gasteiger partial charge in [0.2, 0.25) is 0 Å². The summed E-state index contributed by atoms with van der Waals surface area (Å²) in [5.41, 5.74) is 4.48. The first kappa shape index (κ1) is 17.5. The molecule has 0 saturated carbocycles. The minimum absolute atomic E-state index is 0.161. The molecule has 2 aromatic carbocycles. The van der Waals surface area contributed by atoms with Crippen LogP contribution in [0.5, 0.6) is 0 Å². The second-order valence-corrected chi connectivity index (χ2v) is 7.77. The van der Waals surface area contributed by atoms with E-state index in [-0.39, 0.29) is 5.69 Å². The van der Waals surface area contributed by atoms with E-state index in [1.54, 1.807) is 4.57 Å². The molecule has 28 heavy (non-hydrogen) atoms. The SMILES string of the molecule is O=c1[nH]c2c(Cl)nc3ccccc3c2n1Cc1ccccc1CN1CCCC1. The van der Waals surface area contributed by atoms with E-state index in [0.717, 1.165) is 41.6 Å². The fourth-order valence-electron chi connectivity index (χ4n) is 4.20. The number of hydrogen-bond acceptors (Lipinski definition) is 3. The third-order valence-electron chi connectivity index (χ3n) is 5.61. The van der Waals surface area contributed by atoms with Crippen molar-refractivity contribution in [3.8, 4) is 0 Å². The molecule has 0 spiro atoms. The Kier molecular flexibility index (Phi) is 4.41. The van der Waals surface area contributed by atoms with Crippen LogP contribution in [0.3, 0.4) is 0 Å². The molecule has 3 heterocycles. The number of pyridine rings is 1. The fourth-order valence-corrected chi connectivity index (χ4v) is 4.43. The minimum Gasteiger partial charge on any atom is -0.303 e. The Bertz CT molecular complexity index is 1220. The Morgan fingerprint density at radius 1 is 0.964 bits per heavy atom. The lowest BCUT2D eigenvalue weighted by atomic mass is 10.1. The maximum atomic E-state index is 12.8. The average Bonchev–Trinajstić information content (AvgIpc) is 3.32. The topological polar surface area (TPSA) is 53.9 Å². The molecule has 6 heteroatoms. The van der Waals surface area contributed by atoms with Crippen molar-refractivity contribution >= 4 is 33.5 Å². The molecule has 4 aromatic rings. The summed E-state index contributed by atoms with van der Waals surface area (Å²) in [7, 11) is 0. The van der Waals surface area contributed by atoms with Crippen LogP contribution >= 0.6 is 11.6 Å². The number of rotatable bonds is 4. The van der Waals surface area contributed by atoms with Gasteiger partial charge in [0.1, 0.15) is 5.52 Å². The standard InChI is InChI=1S/C22H21ClN4O/c23-21-19-20(17-9-3-4-10-18(17)24-21)27(22(28)25-19)14-16-8-2-1-7-15(16)13-26-11-5-6-12-26/h1-4,7-10H,5-6,11-14H2,(H,25,28). The van der Waals surface area contributed by atoms with Crippen LogP contribution in [0, 0.1) is 0 Å².